The first-order valence-corrected chi connectivity index (χ1v) is 12.0. The van der Waals surface area contributed by atoms with Gasteiger partial charge in [-0.2, -0.15) is 0 Å². The summed E-state index contributed by atoms with van der Waals surface area (Å²) in [4.78, 5) is 8.96. The Bertz CT molecular complexity index is 1300. The van der Waals surface area contributed by atoms with Crippen LogP contribution in [0.25, 0.3) is 11.8 Å². The van der Waals surface area contributed by atoms with Crippen molar-refractivity contribution in [1.29, 1.82) is 0 Å². The van der Waals surface area contributed by atoms with Gasteiger partial charge in [0.25, 0.3) is 0 Å². The molecule has 35 heavy (non-hydrogen) atoms. The number of aromatic nitrogens is 2. The number of allylic oxidation sites excluding steroid dienone is 1. The molecule has 1 unspecified atom stereocenters. The lowest BCUT2D eigenvalue weighted by molar-refractivity contribution is 0.281. The van der Waals surface area contributed by atoms with E-state index in [0.717, 1.165) is 60.0 Å². The third-order valence-corrected chi connectivity index (χ3v) is 6.40. The second-order valence-corrected chi connectivity index (χ2v) is 9.21. The average molecular weight is 472 g/mol. The van der Waals surface area contributed by atoms with Crippen molar-refractivity contribution in [3.63, 3.8) is 0 Å². The third kappa shape index (κ3) is 4.86. The van der Waals surface area contributed by atoms with Crippen LogP contribution in [0.1, 0.15) is 31.0 Å². The molecule has 0 spiro atoms. The highest BCUT2D eigenvalue weighted by molar-refractivity contribution is 5.73. The largest absolute Gasteiger partial charge is 0.495 e. The number of hydrazine groups is 1. The molecule has 3 heterocycles. The lowest BCUT2D eigenvalue weighted by Gasteiger charge is -2.43. The van der Waals surface area contributed by atoms with Crippen LogP contribution in [0, 0.1) is 18.7 Å². The predicted molar refractivity (Wildman–Crippen MR) is 137 cm³/mol. The predicted octanol–water partition coefficient (Wildman–Crippen LogP) is 5.43. The van der Waals surface area contributed by atoms with E-state index in [4.69, 9.17) is 4.74 Å². The van der Waals surface area contributed by atoms with E-state index in [0.29, 0.717) is 12.5 Å². The van der Waals surface area contributed by atoms with Crippen LogP contribution in [0.4, 0.5) is 10.1 Å². The van der Waals surface area contributed by atoms with Gasteiger partial charge in [-0.1, -0.05) is 13.0 Å². The Morgan fingerprint density at radius 1 is 1.14 bits per heavy atom. The molecule has 2 aliphatic heterocycles. The van der Waals surface area contributed by atoms with Gasteiger partial charge in [0.1, 0.15) is 17.3 Å². The fraction of sp³-hybridized carbons (Fsp3) is 0.321. The van der Waals surface area contributed by atoms with Crippen LogP contribution in [0.3, 0.4) is 0 Å². The molecule has 2 aliphatic rings. The number of methoxy groups -OCH3 is 1. The van der Waals surface area contributed by atoms with Crippen molar-refractivity contribution in [1.82, 2.24) is 14.6 Å². The topological polar surface area (TPSA) is 45.9 Å². The Morgan fingerprint density at radius 2 is 1.97 bits per heavy atom. The lowest BCUT2D eigenvalue weighted by Crippen LogP contribution is -2.48. The summed E-state index contributed by atoms with van der Waals surface area (Å²) in [7, 11) is 1.69. The lowest BCUT2D eigenvalue weighted by atomic mass is 9.98. The smallest absolute Gasteiger partial charge is 0.143 e. The molecule has 7 heteroatoms. The fourth-order valence-corrected chi connectivity index (χ4v) is 4.66. The number of ether oxygens (including phenoxy) is 1. The second-order valence-electron chi connectivity index (χ2n) is 9.21. The highest BCUT2D eigenvalue weighted by Crippen LogP contribution is 2.33. The number of nitrogens with zero attached hydrogens (tertiary/aromatic N) is 5. The van der Waals surface area contributed by atoms with Gasteiger partial charge < -0.3 is 9.30 Å². The number of imidazole rings is 1. The maximum Gasteiger partial charge on any atom is 0.143 e. The summed E-state index contributed by atoms with van der Waals surface area (Å²) >= 11 is 0. The molecule has 1 fully saturated rings. The first-order chi connectivity index (χ1) is 17.0. The van der Waals surface area contributed by atoms with Crippen LogP contribution in [-0.4, -0.2) is 47.2 Å². The third-order valence-electron chi connectivity index (χ3n) is 6.40. The van der Waals surface area contributed by atoms with Crippen LogP contribution < -0.4 is 9.75 Å². The fourth-order valence-electron chi connectivity index (χ4n) is 4.66. The van der Waals surface area contributed by atoms with Crippen molar-refractivity contribution in [2.24, 2.45) is 10.9 Å². The number of aryl methyl sites for hydroxylation is 1. The van der Waals surface area contributed by atoms with Gasteiger partial charge in [-0.25, -0.2) is 14.4 Å². The van der Waals surface area contributed by atoms with E-state index in [1.807, 2.05) is 29.8 Å². The van der Waals surface area contributed by atoms with Crippen LogP contribution >= 0.6 is 0 Å². The van der Waals surface area contributed by atoms with E-state index in [2.05, 4.69) is 57.1 Å². The van der Waals surface area contributed by atoms with Crippen molar-refractivity contribution in [3.8, 4) is 11.4 Å². The Hall–Kier alpha value is -3.83. The Labute approximate surface area is 205 Å². The number of piperidine rings is 1. The number of hydrogen-bond acceptors (Lipinski definition) is 5. The van der Waals surface area contributed by atoms with E-state index < -0.39 is 0 Å². The first kappa shape index (κ1) is 22.9. The molecule has 1 atom stereocenters. The number of rotatable bonds is 4. The molecular weight excluding hydrogens is 441 g/mol. The van der Waals surface area contributed by atoms with Gasteiger partial charge in [-0.3, -0.25) is 10.0 Å². The van der Waals surface area contributed by atoms with E-state index in [1.54, 1.807) is 13.4 Å². The van der Waals surface area contributed by atoms with E-state index in [-0.39, 0.29) is 5.82 Å². The molecule has 6 nitrogen and oxygen atoms in total. The number of aliphatic imine (C=N–C) groups is 1. The van der Waals surface area contributed by atoms with Crippen LogP contribution in [-0.2, 0) is 0 Å². The minimum Gasteiger partial charge on any atom is -0.495 e. The highest BCUT2D eigenvalue weighted by Gasteiger charge is 2.28. The SMILES string of the molecule is COc1cc(C=C2CCCN3C2=C=NCC(C)CN3c2ccc(F)cc2)ccc1-n1cnc(C)c1. The van der Waals surface area contributed by atoms with Gasteiger partial charge in [0.2, 0.25) is 0 Å². The van der Waals surface area contributed by atoms with Crippen molar-refractivity contribution < 1.29 is 9.13 Å². The normalized spacial score (nSPS) is 19.3. The molecule has 5 rings (SSSR count). The maximum atomic E-state index is 13.6. The molecule has 0 radical (unpaired) electrons. The highest BCUT2D eigenvalue weighted by atomic mass is 19.1. The number of halogens is 1. The monoisotopic (exact) mass is 471 g/mol. The zero-order chi connectivity index (χ0) is 24.4. The summed E-state index contributed by atoms with van der Waals surface area (Å²) in [5.74, 6) is 4.25. The zero-order valence-electron chi connectivity index (χ0n) is 20.4. The molecule has 1 aromatic heterocycles. The number of hydrogen-bond donors (Lipinski definition) is 0. The van der Waals surface area contributed by atoms with E-state index >= 15 is 0 Å². The summed E-state index contributed by atoms with van der Waals surface area (Å²) in [5, 5.41) is 4.50. The summed E-state index contributed by atoms with van der Waals surface area (Å²) in [5.41, 5.74) is 6.08. The van der Waals surface area contributed by atoms with E-state index in [9.17, 15) is 4.39 Å². The standard InChI is InChI=1S/C28H30FN5O/c1-20-15-30-16-27-23(5-4-12-33(27)34(17-20)25-9-7-24(29)8-10-25)13-22-6-11-26(28(14-22)35-3)32-18-21(2)31-19-32/h6-11,13-14,18-20H,4-5,12,15,17H2,1-3H3. The second kappa shape index (κ2) is 9.80. The Balaban J connectivity index is 1.52. The molecule has 2 aromatic carbocycles. The van der Waals surface area contributed by atoms with Gasteiger partial charge in [-0.05, 0) is 79.3 Å². The minimum atomic E-state index is -0.228. The molecule has 0 amide bonds. The van der Waals surface area contributed by atoms with Crippen LogP contribution in [0.2, 0.25) is 0 Å². The molecular formula is C28H30FN5O. The Morgan fingerprint density at radius 3 is 2.71 bits per heavy atom. The van der Waals surface area contributed by atoms with Gasteiger partial charge in [0.05, 0.1) is 37.1 Å². The van der Waals surface area contributed by atoms with Gasteiger partial charge >= 0.3 is 0 Å². The van der Waals surface area contributed by atoms with Crippen molar-refractivity contribution in [2.45, 2.75) is 26.7 Å². The molecule has 3 aromatic rings. The average Bonchev–Trinajstić information content (AvgIpc) is 3.29. The van der Waals surface area contributed by atoms with Gasteiger partial charge in [0.15, 0.2) is 0 Å². The van der Waals surface area contributed by atoms with Crippen molar-refractivity contribution in [2.75, 3.05) is 31.8 Å². The molecule has 0 N–H and O–H groups in total. The molecule has 0 bridgehead atoms. The zero-order valence-corrected chi connectivity index (χ0v) is 20.4. The van der Waals surface area contributed by atoms with Crippen molar-refractivity contribution >= 4 is 17.6 Å². The Kier molecular flexibility index (Phi) is 6.43. The van der Waals surface area contributed by atoms with Gasteiger partial charge in [-0.15, -0.1) is 0 Å². The maximum absolute atomic E-state index is 13.6. The summed E-state index contributed by atoms with van der Waals surface area (Å²) in [6, 6.07) is 12.9. The quantitative estimate of drug-likeness (QED) is 0.509. The minimum absolute atomic E-state index is 0.228. The molecule has 0 aliphatic carbocycles. The summed E-state index contributed by atoms with van der Waals surface area (Å²) in [6.45, 7) is 6.52. The van der Waals surface area contributed by atoms with Gasteiger partial charge in [0, 0.05) is 25.2 Å². The first-order valence-electron chi connectivity index (χ1n) is 12.0. The number of fused-ring (bicyclic) bond motifs is 1. The summed E-state index contributed by atoms with van der Waals surface area (Å²) < 4.78 is 21.3. The number of anilines is 1. The number of benzene rings is 2. The molecule has 0 saturated carbocycles. The molecule has 1 saturated heterocycles. The van der Waals surface area contributed by atoms with Crippen molar-refractivity contribution in [3.05, 3.63) is 83.3 Å². The van der Waals surface area contributed by atoms with E-state index in [1.165, 1.54) is 17.7 Å². The molecule has 180 valence electrons. The van der Waals surface area contributed by atoms with Crippen LogP contribution in [0.5, 0.6) is 5.75 Å². The van der Waals surface area contributed by atoms with Crippen LogP contribution in [0.15, 0.2) is 71.3 Å². The summed E-state index contributed by atoms with van der Waals surface area (Å²) in [6.07, 6.45) is 7.92.